The molecule has 1 aromatic rings. The lowest BCUT2D eigenvalue weighted by molar-refractivity contribution is 0.406. The van der Waals surface area contributed by atoms with Crippen molar-refractivity contribution in [1.82, 2.24) is 9.78 Å². The molecule has 0 radical (unpaired) electrons. The van der Waals surface area contributed by atoms with Crippen LogP contribution in [0.4, 0.5) is 0 Å². The quantitative estimate of drug-likeness (QED) is 0.871. The van der Waals surface area contributed by atoms with E-state index in [1.807, 2.05) is 17.9 Å². The third-order valence-electron chi connectivity index (χ3n) is 3.23. The molecule has 4 heteroatoms. The zero-order valence-corrected chi connectivity index (χ0v) is 10.7. The van der Waals surface area contributed by atoms with Crippen molar-refractivity contribution in [2.24, 2.45) is 18.7 Å². The van der Waals surface area contributed by atoms with Gasteiger partial charge in [-0.15, -0.1) is 0 Å². The highest BCUT2D eigenvalue weighted by Gasteiger charge is 2.17. The van der Waals surface area contributed by atoms with Crippen LogP contribution >= 0.6 is 11.8 Å². The highest BCUT2D eigenvalue weighted by molar-refractivity contribution is 7.99. The third-order valence-corrected chi connectivity index (χ3v) is 4.28. The van der Waals surface area contributed by atoms with Crippen LogP contribution in [0.3, 0.4) is 0 Å². The van der Waals surface area contributed by atoms with Gasteiger partial charge in [-0.1, -0.05) is 0 Å². The Morgan fingerprint density at radius 3 is 2.94 bits per heavy atom. The van der Waals surface area contributed by atoms with E-state index in [1.165, 1.54) is 36.3 Å². The number of hydrogen-bond acceptors (Lipinski definition) is 3. The Morgan fingerprint density at radius 1 is 1.56 bits per heavy atom. The van der Waals surface area contributed by atoms with Crippen LogP contribution in [0, 0.1) is 5.92 Å². The van der Waals surface area contributed by atoms with E-state index in [0.29, 0.717) is 6.04 Å². The molecular formula is C12H21N3S. The van der Waals surface area contributed by atoms with E-state index in [4.69, 9.17) is 5.73 Å². The highest BCUT2D eigenvalue weighted by Crippen LogP contribution is 2.26. The highest BCUT2D eigenvalue weighted by atomic mass is 32.2. The van der Waals surface area contributed by atoms with E-state index in [1.54, 1.807) is 0 Å². The predicted octanol–water partition coefficient (Wildman–Crippen LogP) is 1.82. The van der Waals surface area contributed by atoms with E-state index in [0.717, 1.165) is 12.3 Å². The lowest BCUT2D eigenvalue weighted by atomic mass is 9.92. The topological polar surface area (TPSA) is 43.8 Å². The van der Waals surface area contributed by atoms with Gasteiger partial charge in [-0.2, -0.15) is 16.9 Å². The fourth-order valence-electron chi connectivity index (χ4n) is 2.37. The van der Waals surface area contributed by atoms with Gasteiger partial charge in [-0.3, -0.25) is 4.68 Å². The Kier molecular flexibility index (Phi) is 4.29. The summed E-state index contributed by atoms with van der Waals surface area (Å²) in [7, 11) is 1.95. The van der Waals surface area contributed by atoms with Crippen LogP contribution in [0.15, 0.2) is 12.4 Å². The maximum atomic E-state index is 6.20. The average Bonchev–Trinajstić information content (AvgIpc) is 2.65. The first-order valence-corrected chi connectivity index (χ1v) is 7.20. The Hall–Kier alpha value is -0.480. The van der Waals surface area contributed by atoms with Crippen LogP contribution in [-0.2, 0) is 13.5 Å². The maximum Gasteiger partial charge on any atom is 0.0522 e. The molecule has 0 saturated carbocycles. The molecule has 1 atom stereocenters. The normalized spacial score (nSPS) is 19.9. The second-order valence-electron chi connectivity index (χ2n) is 4.78. The second kappa shape index (κ2) is 5.73. The van der Waals surface area contributed by atoms with Gasteiger partial charge in [-0.05, 0) is 48.7 Å². The molecule has 0 amide bonds. The van der Waals surface area contributed by atoms with Crippen molar-refractivity contribution in [3.05, 3.63) is 18.0 Å². The third kappa shape index (κ3) is 3.52. The van der Waals surface area contributed by atoms with Crippen molar-refractivity contribution >= 4 is 11.8 Å². The monoisotopic (exact) mass is 239 g/mol. The number of thioether (sulfide) groups is 1. The molecule has 1 aromatic heterocycles. The lowest BCUT2D eigenvalue weighted by Gasteiger charge is -2.24. The summed E-state index contributed by atoms with van der Waals surface area (Å²) >= 11 is 2.08. The molecule has 0 bridgehead atoms. The molecule has 1 saturated heterocycles. The van der Waals surface area contributed by atoms with Crippen LogP contribution in [-0.4, -0.2) is 27.3 Å². The van der Waals surface area contributed by atoms with Crippen LogP contribution in [0.2, 0.25) is 0 Å². The largest absolute Gasteiger partial charge is 0.327 e. The summed E-state index contributed by atoms with van der Waals surface area (Å²) < 4.78 is 1.85. The van der Waals surface area contributed by atoms with E-state index in [2.05, 4.69) is 23.1 Å². The number of aromatic nitrogens is 2. The lowest BCUT2D eigenvalue weighted by Crippen LogP contribution is -2.27. The number of rotatable bonds is 4. The minimum Gasteiger partial charge on any atom is -0.327 e. The molecular weight excluding hydrogens is 218 g/mol. The molecule has 1 aliphatic rings. The first-order valence-electron chi connectivity index (χ1n) is 6.05. The van der Waals surface area contributed by atoms with Crippen LogP contribution in [0.5, 0.6) is 0 Å². The fraction of sp³-hybridized carbons (Fsp3) is 0.750. The molecule has 0 aliphatic carbocycles. The van der Waals surface area contributed by atoms with Gasteiger partial charge in [-0.25, -0.2) is 0 Å². The summed E-state index contributed by atoms with van der Waals surface area (Å²) in [5.74, 6) is 3.50. The Labute approximate surface area is 102 Å². The molecule has 2 N–H and O–H groups in total. The summed E-state index contributed by atoms with van der Waals surface area (Å²) in [6.07, 6.45) is 8.84. The van der Waals surface area contributed by atoms with E-state index in [9.17, 15) is 0 Å². The second-order valence-corrected chi connectivity index (χ2v) is 6.00. The van der Waals surface area contributed by atoms with Gasteiger partial charge in [0, 0.05) is 19.3 Å². The fourth-order valence-corrected chi connectivity index (χ4v) is 3.58. The Morgan fingerprint density at radius 2 is 2.31 bits per heavy atom. The molecule has 0 spiro atoms. The first kappa shape index (κ1) is 12.0. The minimum atomic E-state index is 0.303. The van der Waals surface area contributed by atoms with Crippen LogP contribution in [0.25, 0.3) is 0 Å². The number of nitrogens with two attached hydrogens (primary N) is 1. The number of aryl methyl sites for hydroxylation is 1. The van der Waals surface area contributed by atoms with Gasteiger partial charge in [0.25, 0.3) is 0 Å². The van der Waals surface area contributed by atoms with Gasteiger partial charge in [0.1, 0.15) is 0 Å². The summed E-state index contributed by atoms with van der Waals surface area (Å²) in [5, 5.41) is 4.17. The van der Waals surface area contributed by atoms with Gasteiger partial charge in [0.05, 0.1) is 6.20 Å². The standard InChI is InChI=1S/C12H21N3S/c1-15-9-11(8-14-15)7-12(13)6-10-2-4-16-5-3-10/h8-10,12H,2-7,13H2,1H3. The summed E-state index contributed by atoms with van der Waals surface area (Å²) in [6, 6.07) is 0.303. The first-order chi connectivity index (χ1) is 7.74. The zero-order valence-electron chi connectivity index (χ0n) is 9.93. The number of hydrogen-bond donors (Lipinski definition) is 1. The van der Waals surface area contributed by atoms with Crippen molar-refractivity contribution < 1.29 is 0 Å². The van der Waals surface area contributed by atoms with Crippen LogP contribution in [0.1, 0.15) is 24.8 Å². The summed E-state index contributed by atoms with van der Waals surface area (Å²) in [4.78, 5) is 0. The molecule has 2 rings (SSSR count). The Bertz CT molecular complexity index is 318. The Balaban J connectivity index is 1.77. The number of nitrogens with zero attached hydrogens (tertiary/aromatic N) is 2. The average molecular weight is 239 g/mol. The van der Waals surface area contributed by atoms with Gasteiger partial charge < -0.3 is 5.73 Å². The molecule has 0 aromatic carbocycles. The molecule has 90 valence electrons. The SMILES string of the molecule is Cn1cc(CC(N)CC2CCSCC2)cn1. The van der Waals surface area contributed by atoms with Crippen molar-refractivity contribution in [2.75, 3.05) is 11.5 Å². The molecule has 3 nitrogen and oxygen atoms in total. The van der Waals surface area contributed by atoms with E-state index >= 15 is 0 Å². The smallest absolute Gasteiger partial charge is 0.0522 e. The van der Waals surface area contributed by atoms with Crippen LogP contribution < -0.4 is 5.73 Å². The molecule has 1 fully saturated rings. The van der Waals surface area contributed by atoms with Crippen molar-refractivity contribution in [3.63, 3.8) is 0 Å². The zero-order chi connectivity index (χ0) is 11.4. The molecule has 1 aliphatic heterocycles. The van der Waals surface area contributed by atoms with Crippen molar-refractivity contribution in [2.45, 2.75) is 31.7 Å². The van der Waals surface area contributed by atoms with E-state index < -0.39 is 0 Å². The van der Waals surface area contributed by atoms with Gasteiger partial charge in [0.15, 0.2) is 0 Å². The summed E-state index contributed by atoms with van der Waals surface area (Å²) in [6.45, 7) is 0. The summed E-state index contributed by atoms with van der Waals surface area (Å²) in [5.41, 5.74) is 7.47. The minimum absolute atomic E-state index is 0.303. The van der Waals surface area contributed by atoms with Gasteiger partial charge in [0.2, 0.25) is 0 Å². The van der Waals surface area contributed by atoms with Crippen molar-refractivity contribution in [3.8, 4) is 0 Å². The maximum absolute atomic E-state index is 6.20. The molecule has 2 heterocycles. The molecule has 1 unspecified atom stereocenters. The van der Waals surface area contributed by atoms with Crippen molar-refractivity contribution in [1.29, 1.82) is 0 Å². The predicted molar refractivity (Wildman–Crippen MR) is 69.6 cm³/mol. The van der Waals surface area contributed by atoms with Gasteiger partial charge >= 0.3 is 0 Å². The van der Waals surface area contributed by atoms with E-state index in [-0.39, 0.29) is 0 Å². The molecule has 16 heavy (non-hydrogen) atoms.